The summed E-state index contributed by atoms with van der Waals surface area (Å²) in [5.41, 5.74) is 3.27. The van der Waals surface area contributed by atoms with Gasteiger partial charge in [-0.15, -0.1) is 11.3 Å². The average molecular weight is 396 g/mol. The summed E-state index contributed by atoms with van der Waals surface area (Å²) in [7, 11) is 0. The quantitative estimate of drug-likeness (QED) is 0.636. The first kappa shape index (κ1) is 17.9. The molecule has 0 atom stereocenters. The van der Waals surface area contributed by atoms with Crippen LogP contribution in [0.4, 0.5) is 5.13 Å². The summed E-state index contributed by atoms with van der Waals surface area (Å²) in [4.78, 5) is 16.6. The van der Waals surface area contributed by atoms with Gasteiger partial charge in [0.15, 0.2) is 5.13 Å². The Morgan fingerprint density at radius 3 is 2.80 bits per heavy atom. The van der Waals surface area contributed by atoms with Gasteiger partial charge in [-0.25, -0.2) is 4.98 Å². The lowest BCUT2D eigenvalue weighted by Crippen LogP contribution is -2.12. The lowest BCUT2D eigenvalue weighted by atomic mass is 10.1. The topological polar surface area (TPSA) is 68.0 Å². The highest BCUT2D eigenvalue weighted by atomic mass is 35.5. The standard InChI is InChI=1S/C17H15Cl2N3O2S/c1-9-12(10(2)24-22-9)5-6-16(23)21-17-20-15(8-25-17)13-4-3-11(18)7-14(13)19/h3-4,7-8H,5-6H2,1-2H3,(H,20,21,23). The van der Waals surface area contributed by atoms with E-state index < -0.39 is 0 Å². The third-order valence-corrected chi connectivity index (χ3v) is 5.05. The van der Waals surface area contributed by atoms with E-state index in [0.29, 0.717) is 33.7 Å². The Hall–Kier alpha value is -1.89. The Morgan fingerprint density at radius 1 is 1.32 bits per heavy atom. The van der Waals surface area contributed by atoms with Gasteiger partial charge in [0.1, 0.15) is 5.76 Å². The van der Waals surface area contributed by atoms with E-state index in [1.54, 1.807) is 12.1 Å². The van der Waals surface area contributed by atoms with Crippen LogP contribution in [0.3, 0.4) is 0 Å². The summed E-state index contributed by atoms with van der Waals surface area (Å²) >= 11 is 13.5. The van der Waals surface area contributed by atoms with E-state index in [4.69, 9.17) is 27.7 Å². The molecule has 3 aromatic rings. The maximum atomic E-state index is 12.1. The molecule has 130 valence electrons. The lowest BCUT2D eigenvalue weighted by molar-refractivity contribution is -0.116. The molecule has 25 heavy (non-hydrogen) atoms. The van der Waals surface area contributed by atoms with Crippen molar-refractivity contribution in [2.45, 2.75) is 26.7 Å². The van der Waals surface area contributed by atoms with Gasteiger partial charge in [-0.1, -0.05) is 28.4 Å². The van der Waals surface area contributed by atoms with Crippen molar-refractivity contribution in [3.63, 3.8) is 0 Å². The van der Waals surface area contributed by atoms with Crippen molar-refractivity contribution in [3.8, 4) is 11.3 Å². The Kier molecular flexibility index (Phi) is 5.42. The summed E-state index contributed by atoms with van der Waals surface area (Å²) in [6.45, 7) is 3.71. The Morgan fingerprint density at radius 2 is 2.12 bits per heavy atom. The van der Waals surface area contributed by atoms with Gasteiger partial charge in [0.25, 0.3) is 0 Å². The van der Waals surface area contributed by atoms with Crippen LogP contribution in [0.15, 0.2) is 28.1 Å². The number of halogens is 2. The molecule has 0 aliphatic rings. The van der Waals surface area contributed by atoms with Gasteiger partial charge in [0.2, 0.25) is 5.91 Å². The van der Waals surface area contributed by atoms with Crippen LogP contribution in [-0.2, 0) is 11.2 Å². The van der Waals surface area contributed by atoms with Gasteiger partial charge in [-0.2, -0.15) is 0 Å². The first-order chi connectivity index (χ1) is 11.9. The highest BCUT2D eigenvalue weighted by Crippen LogP contribution is 2.32. The summed E-state index contributed by atoms with van der Waals surface area (Å²) in [5, 5.41) is 10.2. The first-order valence-electron chi connectivity index (χ1n) is 7.56. The van der Waals surface area contributed by atoms with E-state index in [1.165, 1.54) is 11.3 Å². The minimum atomic E-state index is -0.108. The molecule has 1 aromatic carbocycles. The molecule has 1 amide bonds. The lowest BCUT2D eigenvalue weighted by Gasteiger charge is -2.02. The number of anilines is 1. The molecule has 0 unspecified atom stereocenters. The van der Waals surface area contributed by atoms with Crippen LogP contribution in [0.25, 0.3) is 11.3 Å². The fraction of sp³-hybridized carbons (Fsp3) is 0.235. The number of hydrogen-bond acceptors (Lipinski definition) is 5. The normalized spacial score (nSPS) is 10.9. The van der Waals surface area contributed by atoms with Gasteiger partial charge < -0.3 is 9.84 Å². The van der Waals surface area contributed by atoms with Crippen LogP contribution in [0, 0.1) is 13.8 Å². The predicted molar refractivity (Wildman–Crippen MR) is 100 cm³/mol. The van der Waals surface area contributed by atoms with Gasteiger partial charge in [-0.05, 0) is 38.5 Å². The first-order valence-corrected chi connectivity index (χ1v) is 9.20. The van der Waals surface area contributed by atoms with Crippen LogP contribution < -0.4 is 5.32 Å². The Labute approximate surface area is 159 Å². The number of hydrogen-bond donors (Lipinski definition) is 1. The summed E-state index contributed by atoms with van der Waals surface area (Å²) < 4.78 is 5.10. The number of carbonyl (C=O) groups is 1. The van der Waals surface area contributed by atoms with Crippen molar-refractivity contribution in [2.75, 3.05) is 5.32 Å². The number of aryl methyl sites for hydroxylation is 2. The number of nitrogens with one attached hydrogen (secondary N) is 1. The van der Waals surface area contributed by atoms with Crippen molar-refractivity contribution in [3.05, 3.63) is 50.6 Å². The zero-order valence-corrected chi connectivity index (χ0v) is 15.9. The smallest absolute Gasteiger partial charge is 0.226 e. The molecular formula is C17H15Cl2N3O2S. The molecule has 0 saturated heterocycles. The molecule has 8 heteroatoms. The van der Waals surface area contributed by atoms with E-state index in [1.807, 2.05) is 25.3 Å². The zero-order chi connectivity index (χ0) is 18.0. The van der Waals surface area contributed by atoms with E-state index in [-0.39, 0.29) is 5.91 Å². The second-order valence-corrected chi connectivity index (χ2v) is 7.21. The van der Waals surface area contributed by atoms with Crippen LogP contribution in [0.5, 0.6) is 0 Å². The van der Waals surface area contributed by atoms with E-state index in [2.05, 4.69) is 15.5 Å². The summed E-state index contributed by atoms with van der Waals surface area (Å²) in [6.07, 6.45) is 0.910. The predicted octanol–water partition coefficient (Wildman–Crippen LogP) is 5.29. The van der Waals surface area contributed by atoms with E-state index >= 15 is 0 Å². The van der Waals surface area contributed by atoms with Gasteiger partial charge in [-0.3, -0.25) is 4.79 Å². The number of amides is 1. The van der Waals surface area contributed by atoms with Gasteiger partial charge >= 0.3 is 0 Å². The monoisotopic (exact) mass is 395 g/mol. The van der Waals surface area contributed by atoms with Crippen LogP contribution in [0.1, 0.15) is 23.4 Å². The van der Waals surface area contributed by atoms with Crippen LogP contribution in [0.2, 0.25) is 10.0 Å². The number of nitrogens with zero attached hydrogens (tertiary/aromatic N) is 2. The highest BCUT2D eigenvalue weighted by Gasteiger charge is 2.13. The molecule has 2 heterocycles. The molecule has 5 nitrogen and oxygen atoms in total. The van der Waals surface area contributed by atoms with Crippen molar-refractivity contribution in [1.82, 2.24) is 10.1 Å². The average Bonchev–Trinajstić information content (AvgIpc) is 3.13. The van der Waals surface area contributed by atoms with Crippen LogP contribution in [-0.4, -0.2) is 16.0 Å². The van der Waals surface area contributed by atoms with Gasteiger partial charge in [0.05, 0.1) is 16.4 Å². The van der Waals surface area contributed by atoms with E-state index in [9.17, 15) is 4.79 Å². The van der Waals surface area contributed by atoms with E-state index in [0.717, 1.165) is 22.6 Å². The Balaban J connectivity index is 1.64. The minimum Gasteiger partial charge on any atom is -0.361 e. The molecular weight excluding hydrogens is 381 g/mol. The fourth-order valence-corrected chi connectivity index (χ4v) is 3.66. The minimum absolute atomic E-state index is 0.108. The van der Waals surface area contributed by atoms with Crippen molar-refractivity contribution < 1.29 is 9.32 Å². The maximum absolute atomic E-state index is 12.1. The largest absolute Gasteiger partial charge is 0.361 e. The van der Waals surface area contributed by atoms with Crippen molar-refractivity contribution >= 4 is 45.6 Å². The molecule has 3 rings (SSSR count). The number of thiazole rings is 1. The number of aromatic nitrogens is 2. The Bertz CT molecular complexity index is 901. The van der Waals surface area contributed by atoms with Gasteiger partial charge in [0, 0.05) is 28.0 Å². The zero-order valence-electron chi connectivity index (χ0n) is 13.6. The second kappa shape index (κ2) is 7.56. The SMILES string of the molecule is Cc1noc(C)c1CCC(=O)Nc1nc(-c2ccc(Cl)cc2Cl)cs1. The summed E-state index contributed by atoms with van der Waals surface area (Å²) in [5.74, 6) is 0.641. The molecule has 0 radical (unpaired) electrons. The molecule has 0 aliphatic heterocycles. The molecule has 0 bridgehead atoms. The maximum Gasteiger partial charge on any atom is 0.226 e. The fourth-order valence-electron chi connectivity index (χ4n) is 2.43. The van der Waals surface area contributed by atoms with Crippen LogP contribution >= 0.6 is 34.5 Å². The highest BCUT2D eigenvalue weighted by molar-refractivity contribution is 7.14. The van der Waals surface area contributed by atoms with Crippen molar-refractivity contribution in [2.24, 2.45) is 0 Å². The third-order valence-electron chi connectivity index (χ3n) is 3.74. The molecule has 2 aromatic heterocycles. The summed E-state index contributed by atoms with van der Waals surface area (Å²) in [6, 6.07) is 5.23. The number of benzene rings is 1. The molecule has 0 aliphatic carbocycles. The third kappa shape index (κ3) is 4.21. The number of carbonyl (C=O) groups excluding carboxylic acids is 1. The molecule has 0 saturated carbocycles. The molecule has 0 fully saturated rings. The number of rotatable bonds is 5. The van der Waals surface area contributed by atoms with Crippen molar-refractivity contribution in [1.29, 1.82) is 0 Å². The molecule has 0 spiro atoms. The molecule has 1 N–H and O–H groups in total. The second-order valence-electron chi connectivity index (χ2n) is 5.51.